The molecule has 0 aromatic heterocycles. The highest BCUT2D eigenvalue weighted by molar-refractivity contribution is 6.46. The first-order chi connectivity index (χ1) is 17.8. The van der Waals surface area contributed by atoms with Crippen LogP contribution in [0.15, 0.2) is 72.3 Å². The Hall–Kier alpha value is -4.39. The van der Waals surface area contributed by atoms with Crippen molar-refractivity contribution in [3.8, 4) is 5.75 Å². The quantitative estimate of drug-likeness (QED) is 0.210. The monoisotopic (exact) mass is 499 g/mol. The molecule has 0 bridgehead atoms. The number of Topliss-reactive ketones (excluding diaryl/α,β-unsaturated/α-hetero) is 1. The van der Waals surface area contributed by atoms with Gasteiger partial charge in [0.2, 0.25) is 0 Å². The fraction of sp³-hybridized carbons (Fsp3) is 0.233. The summed E-state index contributed by atoms with van der Waals surface area (Å²) >= 11 is 0. The number of methoxy groups -OCH3 is 1. The van der Waals surface area contributed by atoms with Crippen LogP contribution in [0.25, 0.3) is 5.76 Å². The van der Waals surface area contributed by atoms with Crippen molar-refractivity contribution < 1.29 is 29.0 Å². The minimum Gasteiger partial charge on any atom is -0.507 e. The molecule has 1 saturated heterocycles. The Kier molecular flexibility index (Phi) is 7.43. The second-order valence-electron chi connectivity index (χ2n) is 8.92. The van der Waals surface area contributed by atoms with Gasteiger partial charge in [-0.25, -0.2) is 4.79 Å². The first kappa shape index (κ1) is 25.7. The fourth-order valence-electron chi connectivity index (χ4n) is 4.73. The van der Waals surface area contributed by atoms with Crippen LogP contribution in [-0.2, 0) is 20.9 Å². The lowest BCUT2D eigenvalue weighted by atomic mass is 9.93. The number of carbonyl (C=O) groups is 3. The number of hydrogen-bond acceptors (Lipinski definition) is 6. The van der Waals surface area contributed by atoms with Crippen LogP contribution in [0, 0.1) is 13.8 Å². The molecule has 0 spiro atoms. The number of likely N-dealkylation sites (tertiary alicyclic amines) is 1. The zero-order valence-corrected chi connectivity index (χ0v) is 21.3. The summed E-state index contributed by atoms with van der Waals surface area (Å²) in [6.07, 6.45) is 0. The number of hydrogen-bond donors (Lipinski definition) is 1. The van der Waals surface area contributed by atoms with Crippen LogP contribution < -0.4 is 4.74 Å². The van der Waals surface area contributed by atoms with Gasteiger partial charge in [0, 0.05) is 6.54 Å². The van der Waals surface area contributed by atoms with Crippen LogP contribution >= 0.6 is 0 Å². The Morgan fingerprint density at radius 3 is 2.30 bits per heavy atom. The lowest BCUT2D eigenvalue weighted by Gasteiger charge is -2.25. The Bertz CT molecular complexity index is 1380. The Labute approximate surface area is 215 Å². The standard InChI is InChI=1S/C30H29NO6/c1-5-37-30(35)22-13-11-20(12-14-22)17-31-25(21-9-7-6-8-10-21)24(27(33)29(31)34)26(32)23-16-18(2)15-19(3)28(23)36-4/h6-16,25,32H,5,17H2,1-4H3/b26-24+. The van der Waals surface area contributed by atoms with Crippen LogP contribution in [0.3, 0.4) is 0 Å². The summed E-state index contributed by atoms with van der Waals surface area (Å²) in [5.74, 6) is -1.75. The lowest BCUT2D eigenvalue weighted by Crippen LogP contribution is -2.29. The van der Waals surface area contributed by atoms with E-state index in [4.69, 9.17) is 9.47 Å². The number of nitrogens with zero attached hydrogens (tertiary/aromatic N) is 1. The molecular weight excluding hydrogens is 470 g/mol. The van der Waals surface area contributed by atoms with E-state index in [9.17, 15) is 19.5 Å². The van der Waals surface area contributed by atoms with Crippen molar-refractivity contribution in [2.24, 2.45) is 0 Å². The first-order valence-electron chi connectivity index (χ1n) is 12.0. The molecule has 7 nitrogen and oxygen atoms in total. The van der Waals surface area contributed by atoms with E-state index >= 15 is 0 Å². The molecule has 1 aliphatic rings. The summed E-state index contributed by atoms with van der Waals surface area (Å²) < 4.78 is 10.6. The number of benzene rings is 3. The molecule has 1 heterocycles. The number of aryl methyl sites for hydroxylation is 2. The SMILES string of the molecule is CCOC(=O)c1ccc(CN2C(=O)C(=O)/C(=C(/O)c3cc(C)cc(C)c3OC)C2c2ccccc2)cc1. The number of ketones is 1. The van der Waals surface area contributed by atoms with E-state index < -0.39 is 23.7 Å². The molecule has 0 saturated carbocycles. The van der Waals surface area contributed by atoms with Gasteiger partial charge in [0.05, 0.1) is 36.5 Å². The number of amides is 1. The molecule has 1 unspecified atom stereocenters. The first-order valence-corrected chi connectivity index (χ1v) is 12.0. The third-order valence-electron chi connectivity index (χ3n) is 6.35. The van der Waals surface area contributed by atoms with Gasteiger partial charge in [-0.05, 0) is 61.2 Å². The van der Waals surface area contributed by atoms with Gasteiger partial charge in [-0.1, -0.05) is 48.5 Å². The molecule has 3 aromatic carbocycles. The zero-order chi connectivity index (χ0) is 26.7. The van der Waals surface area contributed by atoms with Crippen molar-refractivity contribution in [3.63, 3.8) is 0 Å². The molecule has 0 radical (unpaired) electrons. The summed E-state index contributed by atoms with van der Waals surface area (Å²) in [4.78, 5) is 40.1. The molecule has 1 aliphatic heterocycles. The van der Waals surface area contributed by atoms with Crippen molar-refractivity contribution in [3.05, 3.63) is 106 Å². The maximum absolute atomic E-state index is 13.4. The van der Waals surface area contributed by atoms with Gasteiger partial charge >= 0.3 is 5.97 Å². The molecule has 3 aromatic rings. The highest BCUT2D eigenvalue weighted by Gasteiger charge is 2.46. The third kappa shape index (κ3) is 4.98. The Morgan fingerprint density at radius 2 is 1.68 bits per heavy atom. The summed E-state index contributed by atoms with van der Waals surface area (Å²) in [5.41, 5.74) is 3.85. The van der Waals surface area contributed by atoms with Crippen molar-refractivity contribution >= 4 is 23.4 Å². The van der Waals surface area contributed by atoms with Gasteiger partial charge in [-0.2, -0.15) is 0 Å². The van der Waals surface area contributed by atoms with Crippen LogP contribution in [0.4, 0.5) is 0 Å². The van der Waals surface area contributed by atoms with E-state index in [1.54, 1.807) is 37.3 Å². The predicted octanol–water partition coefficient (Wildman–Crippen LogP) is 5.11. The highest BCUT2D eigenvalue weighted by atomic mass is 16.5. The van der Waals surface area contributed by atoms with E-state index in [1.807, 2.05) is 50.2 Å². The smallest absolute Gasteiger partial charge is 0.338 e. The molecule has 1 amide bonds. The molecular formula is C30H29NO6. The molecule has 4 rings (SSSR count). The van der Waals surface area contributed by atoms with E-state index in [0.717, 1.165) is 16.7 Å². The fourth-order valence-corrected chi connectivity index (χ4v) is 4.73. The van der Waals surface area contributed by atoms with Gasteiger partial charge < -0.3 is 19.5 Å². The maximum Gasteiger partial charge on any atom is 0.338 e. The number of carbonyl (C=O) groups excluding carboxylic acids is 3. The second-order valence-corrected chi connectivity index (χ2v) is 8.92. The lowest BCUT2D eigenvalue weighted by molar-refractivity contribution is -0.140. The minimum absolute atomic E-state index is 0.00245. The van der Waals surface area contributed by atoms with Crippen molar-refractivity contribution in [2.75, 3.05) is 13.7 Å². The average molecular weight is 500 g/mol. The normalized spacial score (nSPS) is 16.6. The highest BCUT2D eigenvalue weighted by Crippen LogP contribution is 2.42. The van der Waals surface area contributed by atoms with Crippen molar-refractivity contribution in [1.82, 2.24) is 4.90 Å². The molecule has 1 fully saturated rings. The number of rotatable bonds is 7. The Morgan fingerprint density at radius 1 is 1.00 bits per heavy atom. The Balaban J connectivity index is 1.81. The number of esters is 1. The van der Waals surface area contributed by atoms with Gasteiger partial charge in [0.25, 0.3) is 11.7 Å². The number of aliphatic hydroxyl groups excluding tert-OH is 1. The van der Waals surface area contributed by atoms with E-state index in [0.29, 0.717) is 22.4 Å². The van der Waals surface area contributed by atoms with Crippen LogP contribution in [0.1, 0.15) is 51.1 Å². The topological polar surface area (TPSA) is 93.1 Å². The summed E-state index contributed by atoms with van der Waals surface area (Å²) in [5, 5.41) is 11.5. The molecule has 37 heavy (non-hydrogen) atoms. The van der Waals surface area contributed by atoms with Gasteiger partial charge in [-0.3, -0.25) is 9.59 Å². The molecule has 7 heteroatoms. The maximum atomic E-state index is 13.4. The van der Waals surface area contributed by atoms with E-state index in [-0.39, 0.29) is 24.5 Å². The van der Waals surface area contributed by atoms with Gasteiger partial charge in [-0.15, -0.1) is 0 Å². The van der Waals surface area contributed by atoms with E-state index in [2.05, 4.69) is 0 Å². The van der Waals surface area contributed by atoms with Crippen LogP contribution in [-0.4, -0.2) is 41.4 Å². The molecule has 0 aliphatic carbocycles. The van der Waals surface area contributed by atoms with Gasteiger partial charge in [0.1, 0.15) is 11.5 Å². The zero-order valence-electron chi connectivity index (χ0n) is 21.3. The summed E-state index contributed by atoms with van der Waals surface area (Å²) in [7, 11) is 1.50. The van der Waals surface area contributed by atoms with E-state index in [1.165, 1.54) is 12.0 Å². The second kappa shape index (κ2) is 10.7. The average Bonchev–Trinajstić information content (AvgIpc) is 3.14. The van der Waals surface area contributed by atoms with Crippen molar-refractivity contribution in [2.45, 2.75) is 33.4 Å². The molecule has 1 N–H and O–H groups in total. The third-order valence-corrected chi connectivity index (χ3v) is 6.35. The molecule has 190 valence electrons. The summed E-state index contributed by atoms with van der Waals surface area (Å²) in [6.45, 7) is 5.86. The largest absolute Gasteiger partial charge is 0.507 e. The van der Waals surface area contributed by atoms with Crippen molar-refractivity contribution in [1.29, 1.82) is 0 Å². The predicted molar refractivity (Wildman–Crippen MR) is 139 cm³/mol. The van der Waals surface area contributed by atoms with Gasteiger partial charge in [0.15, 0.2) is 0 Å². The van der Waals surface area contributed by atoms with Crippen LogP contribution in [0.2, 0.25) is 0 Å². The number of aliphatic hydroxyl groups is 1. The van der Waals surface area contributed by atoms with Crippen LogP contribution in [0.5, 0.6) is 5.75 Å². The summed E-state index contributed by atoms with van der Waals surface area (Å²) in [6, 6.07) is 18.7. The minimum atomic E-state index is -0.809. The number of ether oxygens (including phenoxy) is 2. The molecule has 1 atom stereocenters.